The first-order valence-electron chi connectivity index (χ1n) is 5.80. The number of hydrogen-bond acceptors (Lipinski definition) is 3. The van der Waals surface area contributed by atoms with Crippen LogP contribution in [0.25, 0.3) is 5.69 Å². The van der Waals surface area contributed by atoms with E-state index < -0.39 is 0 Å². The predicted molar refractivity (Wildman–Crippen MR) is 71.4 cm³/mol. The van der Waals surface area contributed by atoms with Crippen molar-refractivity contribution in [2.24, 2.45) is 0 Å². The molecule has 0 radical (unpaired) electrons. The minimum atomic E-state index is 0.391. The highest BCUT2D eigenvalue weighted by Crippen LogP contribution is 2.32. The van der Waals surface area contributed by atoms with Gasteiger partial charge in [0.25, 0.3) is 0 Å². The van der Waals surface area contributed by atoms with E-state index in [-0.39, 0.29) is 0 Å². The van der Waals surface area contributed by atoms with Gasteiger partial charge in [0, 0.05) is 23.6 Å². The minimum absolute atomic E-state index is 0.391. The fraction of sp³-hybridized carbons (Fsp3) is 0.308. The minimum Gasteiger partial charge on any atom is -0.298 e. The van der Waals surface area contributed by atoms with Gasteiger partial charge in [0.05, 0.1) is 17.3 Å². The first-order valence-corrected chi connectivity index (χ1v) is 6.85. The molecule has 2 atom stereocenters. The Bertz CT molecular complexity index is 494. The molecule has 0 aliphatic carbocycles. The number of benzene rings is 1. The van der Waals surface area contributed by atoms with Crippen molar-refractivity contribution in [3.8, 4) is 5.69 Å². The zero-order valence-corrected chi connectivity index (χ0v) is 10.5. The van der Waals surface area contributed by atoms with Crippen LogP contribution in [0.4, 0.5) is 0 Å². The molecule has 0 bridgehead atoms. The summed E-state index contributed by atoms with van der Waals surface area (Å²) in [5.74, 6) is 1.17. The van der Waals surface area contributed by atoms with Crippen LogP contribution in [0.3, 0.4) is 0 Å². The molecule has 88 valence electrons. The standard InChI is InChI=1S/C13H15N3S/c1-10-9-17-13(15-10)11-7-14-16(8-11)12-5-3-2-4-6-12/h2-8,10,13,15H,9H2,1H3. The van der Waals surface area contributed by atoms with E-state index in [2.05, 4.69) is 35.7 Å². The third-order valence-corrected chi connectivity index (χ3v) is 4.31. The maximum Gasteiger partial charge on any atom is 0.0823 e. The fourth-order valence-electron chi connectivity index (χ4n) is 1.98. The number of para-hydroxylation sites is 1. The Hall–Kier alpha value is -1.26. The molecule has 2 unspecified atom stereocenters. The third kappa shape index (κ3) is 2.23. The molecule has 1 aromatic carbocycles. The number of nitrogens with zero attached hydrogens (tertiary/aromatic N) is 2. The Labute approximate surface area is 105 Å². The van der Waals surface area contributed by atoms with Crippen molar-refractivity contribution >= 4 is 11.8 Å². The molecule has 0 spiro atoms. The zero-order valence-electron chi connectivity index (χ0n) is 9.71. The molecular weight excluding hydrogens is 230 g/mol. The highest BCUT2D eigenvalue weighted by molar-refractivity contribution is 7.99. The van der Waals surface area contributed by atoms with Crippen LogP contribution in [0.15, 0.2) is 42.7 Å². The van der Waals surface area contributed by atoms with Crippen molar-refractivity contribution in [1.29, 1.82) is 0 Å². The van der Waals surface area contributed by atoms with Gasteiger partial charge in [-0.15, -0.1) is 11.8 Å². The summed E-state index contributed by atoms with van der Waals surface area (Å²) in [6.45, 7) is 2.22. The van der Waals surface area contributed by atoms with Crippen molar-refractivity contribution in [2.45, 2.75) is 18.3 Å². The van der Waals surface area contributed by atoms with Crippen LogP contribution in [-0.4, -0.2) is 21.6 Å². The van der Waals surface area contributed by atoms with Gasteiger partial charge >= 0.3 is 0 Å². The smallest absolute Gasteiger partial charge is 0.0823 e. The van der Waals surface area contributed by atoms with Crippen molar-refractivity contribution in [2.75, 3.05) is 5.75 Å². The van der Waals surface area contributed by atoms with Crippen LogP contribution >= 0.6 is 11.8 Å². The summed E-state index contributed by atoms with van der Waals surface area (Å²) in [6, 6.07) is 10.8. The predicted octanol–water partition coefficient (Wildman–Crippen LogP) is 2.60. The third-order valence-electron chi connectivity index (χ3n) is 2.87. The van der Waals surface area contributed by atoms with Gasteiger partial charge < -0.3 is 0 Å². The van der Waals surface area contributed by atoms with Crippen molar-refractivity contribution in [3.63, 3.8) is 0 Å². The summed E-state index contributed by atoms with van der Waals surface area (Å²) >= 11 is 1.95. The molecule has 0 saturated carbocycles. The lowest BCUT2D eigenvalue weighted by molar-refractivity contribution is 0.618. The molecule has 0 amide bonds. The van der Waals surface area contributed by atoms with E-state index in [9.17, 15) is 0 Å². The van der Waals surface area contributed by atoms with E-state index in [0.717, 1.165) is 5.69 Å². The van der Waals surface area contributed by atoms with E-state index >= 15 is 0 Å². The molecule has 1 aliphatic heterocycles. The lowest BCUT2D eigenvalue weighted by atomic mass is 10.3. The second kappa shape index (κ2) is 4.55. The Morgan fingerprint density at radius 2 is 2.18 bits per heavy atom. The number of rotatable bonds is 2. The summed E-state index contributed by atoms with van der Waals surface area (Å²) in [4.78, 5) is 0. The van der Waals surface area contributed by atoms with Crippen LogP contribution in [0.1, 0.15) is 17.9 Å². The topological polar surface area (TPSA) is 29.9 Å². The molecule has 3 rings (SSSR count). The summed E-state index contributed by atoms with van der Waals surface area (Å²) < 4.78 is 1.93. The quantitative estimate of drug-likeness (QED) is 0.882. The second-order valence-electron chi connectivity index (χ2n) is 4.33. The highest BCUT2D eigenvalue weighted by atomic mass is 32.2. The van der Waals surface area contributed by atoms with Gasteiger partial charge in [0.15, 0.2) is 0 Å². The van der Waals surface area contributed by atoms with E-state index in [1.165, 1.54) is 11.3 Å². The summed E-state index contributed by atoms with van der Waals surface area (Å²) in [7, 11) is 0. The number of thioether (sulfide) groups is 1. The average molecular weight is 245 g/mol. The van der Waals surface area contributed by atoms with Gasteiger partial charge in [0.2, 0.25) is 0 Å². The first kappa shape index (κ1) is 10.9. The molecular formula is C13H15N3S. The number of aromatic nitrogens is 2. The van der Waals surface area contributed by atoms with E-state index in [1.54, 1.807) is 0 Å². The van der Waals surface area contributed by atoms with Crippen molar-refractivity contribution in [3.05, 3.63) is 48.3 Å². The molecule has 1 fully saturated rings. The number of hydrogen-bond donors (Lipinski definition) is 1. The molecule has 1 aliphatic rings. The largest absolute Gasteiger partial charge is 0.298 e. The van der Waals surface area contributed by atoms with Crippen LogP contribution in [0, 0.1) is 0 Å². The van der Waals surface area contributed by atoms with Gasteiger partial charge in [0.1, 0.15) is 0 Å². The lowest BCUT2D eigenvalue weighted by Gasteiger charge is -2.07. The second-order valence-corrected chi connectivity index (χ2v) is 5.47. The lowest BCUT2D eigenvalue weighted by Crippen LogP contribution is -2.21. The van der Waals surface area contributed by atoms with Crippen LogP contribution < -0.4 is 5.32 Å². The Kier molecular flexibility index (Phi) is 2.91. The maximum absolute atomic E-state index is 4.42. The average Bonchev–Trinajstić information content (AvgIpc) is 2.98. The van der Waals surface area contributed by atoms with E-state index in [0.29, 0.717) is 11.4 Å². The zero-order chi connectivity index (χ0) is 11.7. The summed E-state index contributed by atoms with van der Waals surface area (Å²) in [6.07, 6.45) is 4.06. The molecule has 17 heavy (non-hydrogen) atoms. The molecule has 1 N–H and O–H groups in total. The first-order chi connectivity index (χ1) is 8.33. The SMILES string of the molecule is CC1CSC(c2cnn(-c3ccccc3)c2)N1. The monoisotopic (exact) mass is 245 g/mol. The Balaban J connectivity index is 1.84. The highest BCUT2D eigenvalue weighted by Gasteiger charge is 2.23. The Morgan fingerprint density at radius 3 is 2.88 bits per heavy atom. The van der Waals surface area contributed by atoms with Crippen LogP contribution in [0.5, 0.6) is 0 Å². The maximum atomic E-state index is 4.42. The summed E-state index contributed by atoms with van der Waals surface area (Å²) in [5, 5.41) is 8.36. The van der Waals surface area contributed by atoms with Gasteiger partial charge in [-0.2, -0.15) is 5.10 Å². The molecule has 1 saturated heterocycles. The van der Waals surface area contributed by atoms with E-state index in [1.807, 2.05) is 40.8 Å². The van der Waals surface area contributed by atoms with Crippen LogP contribution in [-0.2, 0) is 0 Å². The summed E-state index contributed by atoms with van der Waals surface area (Å²) in [5.41, 5.74) is 2.36. The van der Waals surface area contributed by atoms with Gasteiger partial charge in [-0.1, -0.05) is 18.2 Å². The van der Waals surface area contributed by atoms with E-state index in [4.69, 9.17) is 0 Å². The molecule has 4 heteroatoms. The molecule has 2 aromatic rings. The van der Waals surface area contributed by atoms with Crippen molar-refractivity contribution < 1.29 is 0 Å². The molecule has 2 heterocycles. The fourth-order valence-corrected chi connectivity index (χ4v) is 3.20. The van der Waals surface area contributed by atoms with Gasteiger partial charge in [-0.25, -0.2) is 4.68 Å². The van der Waals surface area contributed by atoms with Crippen molar-refractivity contribution in [1.82, 2.24) is 15.1 Å². The molecule has 1 aromatic heterocycles. The van der Waals surface area contributed by atoms with Gasteiger partial charge in [-0.3, -0.25) is 5.32 Å². The van der Waals surface area contributed by atoms with Gasteiger partial charge in [-0.05, 0) is 19.1 Å². The molecule has 3 nitrogen and oxygen atoms in total. The Morgan fingerprint density at radius 1 is 1.35 bits per heavy atom. The van der Waals surface area contributed by atoms with Crippen LogP contribution in [0.2, 0.25) is 0 Å². The number of nitrogens with one attached hydrogen (secondary N) is 1. The normalized spacial score (nSPS) is 24.1.